The predicted octanol–water partition coefficient (Wildman–Crippen LogP) is -12.2. The molecule has 0 saturated carbocycles. The first-order valence-corrected chi connectivity index (χ1v) is 8.65. The first kappa shape index (κ1) is 50.3. The van der Waals surface area contributed by atoms with Gasteiger partial charge in [0.2, 0.25) is 0 Å². The number of aromatic carboxylic acids is 4. The molecule has 0 unspecified atom stereocenters. The normalized spacial score (nSPS) is 9.95. The number of carbonyl (C=O) groups is 4. The van der Waals surface area contributed by atoms with Gasteiger partial charge in [-0.25, -0.2) is 9.97 Å². The Morgan fingerprint density at radius 1 is 0.514 bits per heavy atom. The van der Waals surface area contributed by atoms with Crippen LogP contribution in [0.15, 0.2) is 36.4 Å². The molecule has 0 spiro atoms. The first-order valence-electron chi connectivity index (χ1n) is 8.65. The molecule has 1 fully saturated rings. The van der Waals surface area contributed by atoms with Crippen LogP contribution in [0, 0.1) is 0 Å². The Labute approximate surface area is 219 Å². The number of carboxylic acid groups (broad SMARTS) is 4. The Bertz CT molecular complexity index is 778. The number of hydrogen-bond acceptors (Lipinski definition) is 10. The summed E-state index contributed by atoms with van der Waals surface area (Å²) in [5, 5.41) is 45.5. The SMILES string of the molecule is C1C[NH2+]CC[NH2+]1.O.O.O.O.O.O.O=C([O-])c1cccc(C(=O)[O-])n1.O=C([O-])c1cccc(C(=O)[O-])n1.[Mn+2]. The van der Waals surface area contributed by atoms with E-state index in [2.05, 4.69) is 20.6 Å². The number of hydrogen-bond donors (Lipinski definition) is 2. The van der Waals surface area contributed by atoms with Crippen LogP contribution < -0.4 is 31.1 Å². The number of carbonyl (C=O) groups excluding carboxylic acids is 4. The van der Waals surface area contributed by atoms with Crippen molar-refractivity contribution in [2.24, 2.45) is 0 Å². The van der Waals surface area contributed by atoms with Crippen molar-refractivity contribution in [3.63, 3.8) is 0 Å². The second kappa shape index (κ2) is 27.0. The number of piperazine rings is 1. The van der Waals surface area contributed by atoms with Gasteiger partial charge in [0.25, 0.3) is 0 Å². The minimum atomic E-state index is -1.52. The average Bonchev–Trinajstić information content (AvgIpc) is 2.76. The third-order valence-corrected chi connectivity index (χ3v) is 3.48. The molecule has 1 saturated heterocycles. The first-order chi connectivity index (χ1) is 14.2. The van der Waals surface area contributed by atoms with Crippen LogP contribution >= 0.6 is 0 Å². The Kier molecular flexibility index (Phi) is 36.7. The quantitative estimate of drug-likeness (QED) is 0.321. The molecule has 1 radical (unpaired) electrons. The molecule has 37 heavy (non-hydrogen) atoms. The standard InChI is InChI=1S/2C7H5NO4.C4H10N2.Mn.6H2O/c2*9-6(10)4-2-1-3-5(8-4)7(11)12;1-2-6-4-3-5-1;;;;;;;/h2*1-3H,(H,9,10)(H,11,12);5-6H,1-4H2;;6*1H2/q;;;+2;;;;;;/p-2. The predicted molar refractivity (Wildman–Crippen MR) is 111 cm³/mol. The van der Waals surface area contributed by atoms with Gasteiger partial charge in [0, 0.05) is 0 Å². The molecular formula is C18H30MnN4O14. The molecule has 3 rings (SSSR count). The summed E-state index contributed by atoms with van der Waals surface area (Å²) >= 11 is 0. The fourth-order valence-electron chi connectivity index (χ4n) is 2.08. The minimum absolute atomic E-state index is 0. The Balaban J connectivity index is -0.0000000692. The molecule has 0 atom stereocenters. The Hall–Kier alpha value is -3.62. The third kappa shape index (κ3) is 20.3. The van der Waals surface area contributed by atoms with E-state index in [1.54, 1.807) is 0 Å². The largest absolute Gasteiger partial charge is 2.00 e. The van der Waals surface area contributed by atoms with Gasteiger partial charge < -0.3 is 83.1 Å². The molecule has 0 aliphatic carbocycles. The van der Waals surface area contributed by atoms with Crippen LogP contribution in [-0.4, -0.2) is 92.9 Å². The fraction of sp³-hybridized carbons (Fsp3) is 0.222. The summed E-state index contributed by atoms with van der Waals surface area (Å²) in [6.45, 7) is 5.28. The number of aromatic nitrogens is 2. The van der Waals surface area contributed by atoms with Crippen molar-refractivity contribution in [3.05, 3.63) is 59.2 Å². The number of nitrogens with two attached hydrogens (primary N) is 2. The Morgan fingerprint density at radius 3 is 0.838 bits per heavy atom. The summed E-state index contributed by atoms with van der Waals surface area (Å²) in [6.07, 6.45) is 0. The van der Waals surface area contributed by atoms with Crippen molar-refractivity contribution < 1.29 is 100 Å². The number of carboxylic acids is 4. The zero-order valence-corrected chi connectivity index (χ0v) is 20.2. The van der Waals surface area contributed by atoms with Gasteiger partial charge in [-0.15, -0.1) is 0 Å². The van der Waals surface area contributed by atoms with Crippen molar-refractivity contribution in [2.45, 2.75) is 0 Å². The maximum Gasteiger partial charge on any atom is 2.00 e. The summed E-state index contributed by atoms with van der Waals surface area (Å²) in [4.78, 5) is 47.3. The molecular weight excluding hydrogens is 551 g/mol. The summed E-state index contributed by atoms with van der Waals surface area (Å²) < 4.78 is 0. The molecule has 213 valence electrons. The van der Waals surface area contributed by atoms with Crippen molar-refractivity contribution in [3.8, 4) is 0 Å². The van der Waals surface area contributed by atoms with E-state index < -0.39 is 46.7 Å². The van der Waals surface area contributed by atoms with Crippen LogP contribution in [0.2, 0.25) is 0 Å². The van der Waals surface area contributed by atoms with Crippen LogP contribution in [0.25, 0.3) is 0 Å². The molecule has 0 bridgehead atoms. The third-order valence-electron chi connectivity index (χ3n) is 3.48. The number of quaternary nitrogens is 2. The molecule has 18 nitrogen and oxygen atoms in total. The zero-order chi connectivity index (χ0) is 22.5. The second-order valence-electron chi connectivity index (χ2n) is 5.70. The van der Waals surface area contributed by atoms with Gasteiger partial charge in [-0.1, -0.05) is 12.1 Å². The molecule has 1 aliphatic heterocycles. The molecule has 1 aliphatic rings. The number of rotatable bonds is 4. The summed E-state index contributed by atoms with van der Waals surface area (Å²) in [7, 11) is 0. The fourth-order valence-corrected chi connectivity index (χ4v) is 2.08. The van der Waals surface area contributed by atoms with Crippen molar-refractivity contribution >= 4 is 23.9 Å². The van der Waals surface area contributed by atoms with E-state index in [-0.39, 0.29) is 49.9 Å². The van der Waals surface area contributed by atoms with Crippen LogP contribution in [0.4, 0.5) is 0 Å². The van der Waals surface area contributed by atoms with E-state index in [0.29, 0.717) is 0 Å². The molecule has 2 aromatic rings. The summed E-state index contributed by atoms with van der Waals surface area (Å²) in [6, 6.07) is 7.07. The van der Waals surface area contributed by atoms with Gasteiger partial charge >= 0.3 is 17.1 Å². The number of nitrogens with zero attached hydrogens (tertiary/aromatic N) is 2. The smallest absolute Gasteiger partial charge is 0.543 e. The van der Waals surface area contributed by atoms with Gasteiger partial charge in [-0.3, -0.25) is 0 Å². The van der Waals surface area contributed by atoms with E-state index in [1.807, 2.05) is 0 Å². The van der Waals surface area contributed by atoms with Gasteiger partial charge in [-0.05, 0) is 24.3 Å². The van der Waals surface area contributed by atoms with E-state index >= 15 is 0 Å². The summed E-state index contributed by atoms with van der Waals surface area (Å²) in [5.74, 6) is -6.06. The van der Waals surface area contributed by atoms with Crippen molar-refractivity contribution in [2.75, 3.05) is 26.2 Å². The molecule has 2 aromatic heterocycles. The Morgan fingerprint density at radius 2 is 0.703 bits per heavy atom. The van der Waals surface area contributed by atoms with Gasteiger partial charge in [0.15, 0.2) is 0 Å². The molecule has 3 heterocycles. The van der Waals surface area contributed by atoms with E-state index in [1.165, 1.54) is 38.3 Å². The van der Waals surface area contributed by atoms with E-state index in [4.69, 9.17) is 0 Å². The van der Waals surface area contributed by atoms with E-state index in [0.717, 1.165) is 24.3 Å². The van der Waals surface area contributed by atoms with Crippen molar-refractivity contribution in [1.29, 1.82) is 0 Å². The average molecular weight is 581 g/mol. The topological polar surface area (TPSA) is 409 Å². The van der Waals surface area contributed by atoms with Crippen LogP contribution in [0.5, 0.6) is 0 Å². The van der Waals surface area contributed by atoms with E-state index in [9.17, 15) is 39.6 Å². The maximum absolute atomic E-state index is 10.2. The molecule has 19 heteroatoms. The molecule has 16 N–H and O–H groups in total. The van der Waals surface area contributed by atoms with Gasteiger partial charge in [0.1, 0.15) is 26.2 Å². The second-order valence-corrected chi connectivity index (χ2v) is 5.70. The van der Waals surface area contributed by atoms with Crippen molar-refractivity contribution in [1.82, 2.24) is 9.97 Å². The monoisotopic (exact) mass is 581 g/mol. The maximum atomic E-state index is 10.2. The zero-order valence-electron chi connectivity index (χ0n) is 19.0. The molecule has 0 aromatic carbocycles. The van der Waals surface area contributed by atoms with Crippen LogP contribution in [-0.2, 0) is 17.1 Å². The minimum Gasteiger partial charge on any atom is -0.543 e. The van der Waals surface area contributed by atoms with Crippen LogP contribution in [0.1, 0.15) is 42.0 Å². The molecule has 0 amide bonds. The summed E-state index contributed by atoms with van der Waals surface area (Å²) in [5.41, 5.74) is -1.68. The van der Waals surface area contributed by atoms with Gasteiger partial charge in [0.05, 0.1) is 46.7 Å². The van der Waals surface area contributed by atoms with Crippen LogP contribution in [0.3, 0.4) is 0 Å². The van der Waals surface area contributed by atoms with Gasteiger partial charge in [-0.2, -0.15) is 0 Å². The number of pyridine rings is 2.